The van der Waals surface area contributed by atoms with Gasteiger partial charge in [-0.15, -0.1) is 0 Å². The summed E-state index contributed by atoms with van der Waals surface area (Å²) in [7, 11) is -3.78. The van der Waals surface area contributed by atoms with Crippen molar-refractivity contribution in [3.8, 4) is 0 Å². The molecular formula is C21H26N4O4S. The molecule has 0 aromatic heterocycles. The molecule has 3 N–H and O–H groups in total. The summed E-state index contributed by atoms with van der Waals surface area (Å²) in [4.78, 5) is 24.8. The number of benzene rings is 2. The largest absolute Gasteiger partial charge is 0.376 e. The maximum absolute atomic E-state index is 12.9. The quantitative estimate of drug-likeness (QED) is 0.605. The van der Waals surface area contributed by atoms with Crippen molar-refractivity contribution >= 4 is 27.5 Å². The number of nitrogens with one attached hydrogen (secondary N) is 3. The second kappa shape index (κ2) is 9.27. The third-order valence-corrected chi connectivity index (χ3v) is 6.92. The van der Waals surface area contributed by atoms with Gasteiger partial charge in [0.1, 0.15) is 6.04 Å². The highest BCUT2D eigenvalue weighted by Crippen LogP contribution is 2.26. The normalized spacial score (nSPS) is 16.8. The second-order valence-electron chi connectivity index (χ2n) is 7.30. The molecule has 0 saturated carbocycles. The Bertz CT molecular complexity index is 1020. The number of rotatable bonds is 6. The van der Waals surface area contributed by atoms with E-state index in [1.165, 1.54) is 16.4 Å². The number of sulfonamides is 1. The van der Waals surface area contributed by atoms with Crippen LogP contribution in [0.25, 0.3) is 0 Å². The molecule has 1 aliphatic heterocycles. The van der Waals surface area contributed by atoms with Crippen molar-refractivity contribution in [1.82, 2.24) is 15.2 Å². The van der Waals surface area contributed by atoms with Gasteiger partial charge >= 0.3 is 0 Å². The Hall–Kier alpha value is -2.91. The number of anilines is 1. The van der Waals surface area contributed by atoms with Gasteiger partial charge in [-0.1, -0.05) is 35.9 Å². The van der Waals surface area contributed by atoms with E-state index >= 15 is 0 Å². The van der Waals surface area contributed by atoms with E-state index in [1.807, 2.05) is 32.0 Å². The lowest BCUT2D eigenvalue weighted by molar-refractivity contribution is -0.130. The average molecular weight is 431 g/mol. The van der Waals surface area contributed by atoms with Gasteiger partial charge < -0.3 is 5.32 Å². The lowest BCUT2D eigenvalue weighted by Gasteiger charge is -2.23. The Kier molecular flexibility index (Phi) is 6.73. The van der Waals surface area contributed by atoms with Gasteiger partial charge in [-0.2, -0.15) is 4.31 Å². The topological polar surface area (TPSA) is 108 Å². The SMILES string of the molecule is Cc1ccc(NCC(=O)NNC(=O)C2CCCN2S(=O)(=O)c2ccccc2)c(C)c1. The summed E-state index contributed by atoms with van der Waals surface area (Å²) in [6.45, 7) is 4.17. The van der Waals surface area contributed by atoms with Gasteiger partial charge in [-0.3, -0.25) is 20.4 Å². The minimum absolute atomic E-state index is 0.0269. The third-order valence-electron chi connectivity index (χ3n) is 5.00. The van der Waals surface area contributed by atoms with Crippen LogP contribution >= 0.6 is 0 Å². The van der Waals surface area contributed by atoms with Crippen molar-refractivity contribution in [3.05, 3.63) is 59.7 Å². The maximum Gasteiger partial charge on any atom is 0.257 e. The second-order valence-corrected chi connectivity index (χ2v) is 9.19. The molecule has 0 spiro atoms. The van der Waals surface area contributed by atoms with Crippen LogP contribution in [0.1, 0.15) is 24.0 Å². The van der Waals surface area contributed by atoms with Gasteiger partial charge in [0.15, 0.2) is 0 Å². The van der Waals surface area contributed by atoms with Gasteiger partial charge in [0.2, 0.25) is 10.0 Å². The Morgan fingerprint density at radius 1 is 1.07 bits per heavy atom. The fourth-order valence-corrected chi connectivity index (χ4v) is 5.14. The maximum atomic E-state index is 12.9. The smallest absolute Gasteiger partial charge is 0.257 e. The molecule has 1 aliphatic rings. The number of hydrogen-bond acceptors (Lipinski definition) is 5. The predicted octanol–water partition coefficient (Wildman–Crippen LogP) is 1.72. The average Bonchev–Trinajstić information content (AvgIpc) is 3.23. The molecule has 8 nitrogen and oxygen atoms in total. The summed E-state index contributed by atoms with van der Waals surface area (Å²) < 4.78 is 26.9. The van der Waals surface area contributed by atoms with Crippen LogP contribution in [0.4, 0.5) is 5.69 Å². The Balaban J connectivity index is 1.55. The van der Waals surface area contributed by atoms with Gasteiger partial charge in [-0.25, -0.2) is 8.42 Å². The monoisotopic (exact) mass is 430 g/mol. The number of hydrogen-bond donors (Lipinski definition) is 3. The van der Waals surface area contributed by atoms with Crippen LogP contribution in [-0.2, 0) is 19.6 Å². The summed E-state index contributed by atoms with van der Waals surface area (Å²) in [6.07, 6.45) is 0.973. The van der Waals surface area contributed by atoms with Gasteiger partial charge in [0, 0.05) is 12.2 Å². The van der Waals surface area contributed by atoms with Gasteiger partial charge in [0.05, 0.1) is 11.4 Å². The molecule has 30 heavy (non-hydrogen) atoms. The van der Waals surface area contributed by atoms with Crippen molar-refractivity contribution in [1.29, 1.82) is 0 Å². The number of carbonyl (C=O) groups is 2. The first kappa shape index (κ1) is 21.8. The fourth-order valence-electron chi connectivity index (χ4n) is 3.46. The molecule has 0 bridgehead atoms. The van der Waals surface area contributed by atoms with Crippen molar-refractivity contribution in [2.45, 2.75) is 37.6 Å². The minimum atomic E-state index is -3.78. The zero-order chi connectivity index (χ0) is 21.7. The van der Waals surface area contributed by atoms with Crippen LogP contribution in [0.15, 0.2) is 53.4 Å². The highest BCUT2D eigenvalue weighted by molar-refractivity contribution is 7.89. The first-order chi connectivity index (χ1) is 14.3. The van der Waals surface area contributed by atoms with E-state index in [1.54, 1.807) is 18.2 Å². The highest BCUT2D eigenvalue weighted by Gasteiger charge is 2.39. The molecular weight excluding hydrogens is 404 g/mol. The molecule has 2 aromatic carbocycles. The Labute approximate surface area is 176 Å². The predicted molar refractivity (Wildman–Crippen MR) is 114 cm³/mol. The van der Waals surface area contributed by atoms with E-state index in [4.69, 9.17) is 0 Å². The first-order valence-electron chi connectivity index (χ1n) is 9.76. The van der Waals surface area contributed by atoms with Gasteiger partial charge in [-0.05, 0) is 50.5 Å². The van der Waals surface area contributed by atoms with Crippen molar-refractivity contribution < 1.29 is 18.0 Å². The van der Waals surface area contributed by atoms with Crippen LogP contribution in [-0.4, -0.2) is 43.7 Å². The fraction of sp³-hybridized carbons (Fsp3) is 0.333. The van der Waals surface area contributed by atoms with Crippen LogP contribution in [0, 0.1) is 13.8 Å². The van der Waals surface area contributed by atoms with E-state index in [9.17, 15) is 18.0 Å². The molecule has 2 amide bonds. The van der Waals surface area contributed by atoms with E-state index in [-0.39, 0.29) is 18.0 Å². The number of aryl methyl sites for hydroxylation is 2. The molecule has 9 heteroatoms. The lowest BCUT2D eigenvalue weighted by atomic mass is 10.1. The number of carbonyl (C=O) groups excluding carboxylic acids is 2. The summed E-state index contributed by atoms with van der Waals surface area (Å²) in [5.74, 6) is -0.981. The summed E-state index contributed by atoms with van der Waals surface area (Å²) in [6, 6.07) is 13.0. The zero-order valence-corrected chi connectivity index (χ0v) is 17.8. The Morgan fingerprint density at radius 3 is 2.50 bits per heavy atom. The molecule has 1 saturated heterocycles. The molecule has 1 fully saturated rings. The molecule has 0 radical (unpaired) electrons. The Morgan fingerprint density at radius 2 is 1.80 bits per heavy atom. The van der Waals surface area contributed by atoms with Crippen molar-refractivity contribution in [2.75, 3.05) is 18.4 Å². The number of amides is 2. The van der Waals surface area contributed by atoms with E-state index in [0.717, 1.165) is 16.8 Å². The first-order valence-corrected chi connectivity index (χ1v) is 11.2. The van der Waals surface area contributed by atoms with Crippen LogP contribution in [0.3, 0.4) is 0 Å². The molecule has 2 aromatic rings. The molecule has 3 rings (SSSR count). The van der Waals surface area contributed by atoms with Crippen molar-refractivity contribution in [2.24, 2.45) is 0 Å². The minimum Gasteiger partial charge on any atom is -0.376 e. The van der Waals surface area contributed by atoms with E-state index < -0.39 is 27.9 Å². The number of hydrazine groups is 1. The lowest BCUT2D eigenvalue weighted by Crippen LogP contribution is -2.52. The van der Waals surface area contributed by atoms with E-state index in [0.29, 0.717) is 12.8 Å². The summed E-state index contributed by atoms with van der Waals surface area (Å²) in [5, 5.41) is 3.02. The van der Waals surface area contributed by atoms with Crippen molar-refractivity contribution in [3.63, 3.8) is 0 Å². The zero-order valence-electron chi connectivity index (χ0n) is 17.0. The highest BCUT2D eigenvalue weighted by atomic mass is 32.2. The molecule has 1 atom stereocenters. The molecule has 1 unspecified atom stereocenters. The summed E-state index contributed by atoms with van der Waals surface area (Å²) in [5.41, 5.74) is 7.67. The summed E-state index contributed by atoms with van der Waals surface area (Å²) >= 11 is 0. The van der Waals surface area contributed by atoms with E-state index in [2.05, 4.69) is 16.2 Å². The molecule has 0 aliphatic carbocycles. The third kappa shape index (κ3) is 4.98. The van der Waals surface area contributed by atoms with Gasteiger partial charge in [0.25, 0.3) is 11.8 Å². The van der Waals surface area contributed by atoms with Crippen LogP contribution in [0.5, 0.6) is 0 Å². The molecule has 160 valence electrons. The number of nitrogens with zero attached hydrogens (tertiary/aromatic N) is 1. The van der Waals surface area contributed by atoms with Crippen LogP contribution < -0.4 is 16.2 Å². The molecule has 1 heterocycles. The van der Waals surface area contributed by atoms with Crippen LogP contribution in [0.2, 0.25) is 0 Å². The standard InChI is InChI=1S/C21H26N4O4S/c1-15-10-11-18(16(2)13-15)22-14-20(26)23-24-21(27)19-9-6-12-25(19)30(28,29)17-7-4-3-5-8-17/h3-5,7-8,10-11,13,19,22H,6,9,12,14H2,1-2H3,(H,23,26)(H,24,27).